The second kappa shape index (κ2) is 6.78. The number of furan rings is 1. The Morgan fingerprint density at radius 3 is 2.63 bits per heavy atom. The Kier molecular flexibility index (Phi) is 5.36. The fourth-order valence-electron chi connectivity index (χ4n) is 1.28. The Balaban J connectivity index is 2.54. The van der Waals surface area contributed by atoms with Crippen molar-refractivity contribution in [2.75, 3.05) is 0 Å². The summed E-state index contributed by atoms with van der Waals surface area (Å²) in [6.07, 6.45) is 0.574. The average Bonchev–Trinajstić information content (AvgIpc) is 2.84. The van der Waals surface area contributed by atoms with Gasteiger partial charge in [-0.05, 0) is 19.1 Å². The van der Waals surface area contributed by atoms with E-state index < -0.39 is 12.1 Å². The van der Waals surface area contributed by atoms with Crippen molar-refractivity contribution in [1.29, 1.82) is 0 Å². The number of esters is 2. The van der Waals surface area contributed by atoms with Crippen LogP contribution in [0.5, 0.6) is 0 Å². The predicted molar refractivity (Wildman–Crippen MR) is 68.0 cm³/mol. The van der Waals surface area contributed by atoms with Crippen LogP contribution in [0.4, 0.5) is 0 Å². The van der Waals surface area contributed by atoms with Crippen molar-refractivity contribution in [2.45, 2.75) is 33.5 Å². The van der Waals surface area contributed by atoms with Crippen LogP contribution in [0.15, 0.2) is 29.2 Å². The van der Waals surface area contributed by atoms with Gasteiger partial charge in [-0.1, -0.05) is 20.4 Å². The molecule has 0 aliphatic heterocycles. The third-order valence-corrected chi connectivity index (χ3v) is 2.37. The van der Waals surface area contributed by atoms with Crippen LogP contribution in [-0.4, -0.2) is 11.9 Å². The van der Waals surface area contributed by atoms with Crippen molar-refractivity contribution < 1.29 is 23.5 Å². The van der Waals surface area contributed by atoms with Gasteiger partial charge in [0.15, 0.2) is 6.10 Å². The number of carbonyl (C=O) groups excluding carboxylic acids is 2. The smallest absolute Gasteiger partial charge is 0.330 e. The van der Waals surface area contributed by atoms with E-state index in [0.717, 1.165) is 6.08 Å². The Morgan fingerprint density at radius 1 is 1.37 bits per heavy atom. The highest BCUT2D eigenvalue weighted by atomic mass is 16.6. The summed E-state index contributed by atoms with van der Waals surface area (Å²) in [7, 11) is 0. The molecule has 104 valence electrons. The highest BCUT2D eigenvalue weighted by Crippen LogP contribution is 2.20. The number of carbonyl (C=O) groups is 2. The Bertz CT molecular complexity index is 458. The molecule has 5 heteroatoms. The van der Waals surface area contributed by atoms with Crippen LogP contribution in [0.25, 0.3) is 0 Å². The zero-order valence-electron chi connectivity index (χ0n) is 11.3. The molecule has 0 saturated heterocycles. The first kappa shape index (κ1) is 15.0. The zero-order chi connectivity index (χ0) is 14.4. The van der Waals surface area contributed by atoms with Gasteiger partial charge in [0.25, 0.3) is 0 Å². The summed E-state index contributed by atoms with van der Waals surface area (Å²) in [5, 5.41) is 0. The van der Waals surface area contributed by atoms with Crippen molar-refractivity contribution in [3.05, 3.63) is 36.3 Å². The lowest BCUT2D eigenvalue weighted by molar-refractivity contribution is -0.149. The fraction of sp³-hybridized carbons (Fsp3) is 0.429. The zero-order valence-corrected chi connectivity index (χ0v) is 11.3. The van der Waals surface area contributed by atoms with Crippen molar-refractivity contribution in [3.63, 3.8) is 0 Å². The molecule has 1 aromatic heterocycles. The third-order valence-electron chi connectivity index (χ3n) is 2.37. The van der Waals surface area contributed by atoms with Crippen molar-refractivity contribution in [1.82, 2.24) is 0 Å². The average molecular weight is 266 g/mol. The Hall–Kier alpha value is -2.04. The summed E-state index contributed by atoms with van der Waals surface area (Å²) < 4.78 is 15.5. The molecule has 0 amide bonds. The van der Waals surface area contributed by atoms with Gasteiger partial charge >= 0.3 is 11.9 Å². The van der Waals surface area contributed by atoms with Crippen LogP contribution >= 0.6 is 0 Å². The number of hydrogen-bond acceptors (Lipinski definition) is 5. The van der Waals surface area contributed by atoms with Crippen LogP contribution < -0.4 is 0 Å². The van der Waals surface area contributed by atoms with Crippen molar-refractivity contribution >= 4 is 11.9 Å². The first-order valence-electron chi connectivity index (χ1n) is 6.02. The van der Waals surface area contributed by atoms with Gasteiger partial charge in [0, 0.05) is 6.08 Å². The van der Waals surface area contributed by atoms with Gasteiger partial charge in [-0.15, -0.1) is 0 Å². The molecule has 1 rings (SSSR count). The van der Waals surface area contributed by atoms with Crippen LogP contribution in [0.1, 0.15) is 38.4 Å². The molecule has 0 saturated carbocycles. The van der Waals surface area contributed by atoms with Crippen LogP contribution in [-0.2, 0) is 25.7 Å². The first-order valence-corrected chi connectivity index (χ1v) is 6.02. The van der Waals surface area contributed by atoms with E-state index in [1.807, 2.05) is 0 Å². The predicted octanol–water partition coefficient (Wildman–Crippen LogP) is 2.77. The third kappa shape index (κ3) is 4.62. The molecule has 19 heavy (non-hydrogen) atoms. The van der Waals surface area contributed by atoms with Gasteiger partial charge < -0.3 is 13.9 Å². The second-order valence-electron chi connectivity index (χ2n) is 4.35. The summed E-state index contributed by atoms with van der Waals surface area (Å²) in [6, 6.07) is 3.36. The molecule has 5 nitrogen and oxygen atoms in total. The first-order chi connectivity index (χ1) is 8.93. The molecular weight excluding hydrogens is 248 g/mol. The highest BCUT2D eigenvalue weighted by Gasteiger charge is 2.15. The summed E-state index contributed by atoms with van der Waals surface area (Å²) in [6.45, 7) is 8.58. The van der Waals surface area contributed by atoms with E-state index in [2.05, 4.69) is 6.58 Å². The van der Waals surface area contributed by atoms with Gasteiger partial charge in [-0.25, -0.2) is 4.79 Å². The van der Waals surface area contributed by atoms with Gasteiger partial charge in [-0.3, -0.25) is 4.79 Å². The van der Waals surface area contributed by atoms with Crippen LogP contribution in [0.3, 0.4) is 0 Å². The maximum absolute atomic E-state index is 11.3. The highest BCUT2D eigenvalue weighted by molar-refractivity contribution is 5.81. The summed E-state index contributed by atoms with van der Waals surface area (Å²) in [5.41, 5.74) is 0. The van der Waals surface area contributed by atoms with E-state index in [9.17, 15) is 9.59 Å². The molecule has 0 aliphatic rings. The normalized spacial score (nSPS) is 12.0. The fourth-order valence-corrected chi connectivity index (χ4v) is 1.28. The van der Waals surface area contributed by atoms with E-state index in [4.69, 9.17) is 13.9 Å². The monoisotopic (exact) mass is 266 g/mol. The van der Waals surface area contributed by atoms with E-state index >= 15 is 0 Å². The standard InChI is InChI=1S/C14H18O5/c1-5-13(15)18-10(4)12-7-6-11(19-12)8-17-14(16)9(2)3/h5-7,9-10H,1,8H2,2-4H3. The molecule has 1 unspecified atom stereocenters. The molecule has 0 spiro atoms. The minimum atomic E-state index is -0.517. The Morgan fingerprint density at radius 2 is 2.05 bits per heavy atom. The molecule has 0 aliphatic carbocycles. The minimum Gasteiger partial charge on any atom is -0.458 e. The summed E-state index contributed by atoms with van der Waals surface area (Å²) >= 11 is 0. The molecule has 1 aromatic rings. The molecule has 0 N–H and O–H groups in total. The lowest BCUT2D eigenvalue weighted by atomic mass is 10.2. The lowest BCUT2D eigenvalue weighted by Crippen LogP contribution is -2.11. The lowest BCUT2D eigenvalue weighted by Gasteiger charge is -2.09. The van der Waals surface area contributed by atoms with Crippen molar-refractivity contribution in [2.24, 2.45) is 5.92 Å². The number of rotatable bonds is 6. The van der Waals surface area contributed by atoms with Crippen molar-refractivity contribution in [3.8, 4) is 0 Å². The molecule has 0 aromatic carbocycles. The molecular formula is C14H18O5. The maximum Gasteiger partial charge on any atom is 0.330 e. The SMILES string of the molecule is C=CC(=O)OC(C)c1ccc(COC(=O)C(C)C)o1. The number of ether oxygens (including phenoxy) is 2. The quantitative estimate of drug-likeness (QED) is 0.585. The van der Waals surface area contributed by atoms with E-state index in [0.29, 0.717) is 11.5 Å². The summed E-state index contributed by atoms with van der Waals surface area (Å²) in [4.78, 5) is 22.3. The molecule has 1 heterocycles. The largest absolute Gasteiger partial charge is 0.458 e. The second-order valence-corrected chi connectivity index (χ2v) is 4.35. The Labute approximate surface area is 112 Å². The van der Waals surface area contributed by atoms with E-state index in [1.165, 1.54) is 0 Å². The van der Waals surface area contributed by atoms with Gasteiger partial charge in [0.1, 0.15) is 18.1 Å². The molecule has 0 bridgehead atoms. The summed E-state index contributed by atoms with van der Waals surface area (Å²) in [5.74, 6) is 0.0129. The molecule has 0 fully saturated rings. The minimum absolute atomic E-state index is 0.0686. The maximum atomic E-state index is 11.3. The topological polar surface area (TPSA) is 65.7 Å². The van der Waals surface area contributed by atoms with Gasteiger partial charge in [0.2, 0.25) is 0 Å². The number of hydrogen-bond donors (Lipinski definition) is 0. The molecule has 0 radical (unpaired) electrons. The van der Waals surface area contributed by atoms with Gasteiger partial charge in [-0.2, -0.15) is 0 Å². The molecule has 1 atom stereocenters. The van der Waals surface area contributed by atoms with Gasteiger partial charge in [0.05, 0.1) is 5.92 Å². The van der Waals surface area contributed by atoms with E-state index in [-0.39, 0.29) is 18.5 Å². The van der Waals surface area contributed by atoms with E-state index in [1.54, 1.807) is 32.9 Å². The van der Waals surface area contributed by atoms with Crippen LogP contribution in [0.2, 0.25) is 0 Å². The van der Waals surface area contributed by atoms with Crippen LogP contribution in [0, 0.1) is 5.92 Å².